The lowest BCUT2D eigenvalue weighted by atomic mass is 10.2. The summed E-state index contributed by atoms with van der Waals surface area (Å²) < 4.78 is 39.7. The van der Waals surface area contributed by atoms with E-state index in [0.717, 1.165) is 0 Å². The summed E-state index contributed by atoms with van der Waals surface area (Å²) in [6.07, 6.45) is 0. The van der Waals surface area contributed by atoms with E-state index in [2.05, 4.69) is 33.9 Å². The summed E-state index contributed by atoms with van der Waals surface area (Å²) in [5.41, 5.74) is -0.244. The van der Waals surface area contributed by atoms with Crippen LogP contribution in [0.2, 0.25) is 0 Å². The van der Waals surface area contributed by atoms with Gasteiger partial charge < -0.3 is 5.32 Å². The molecule has 0 aromatic heterocycles. The van der Waals surface area contributed by atoms with Gasteiger partial charge >= 0.3 is 0 Å². The minimum absolute atomic E-state index is 0.196. The van der Waals surface area contributed by atoms with E-state index in [1.165, 1.54) is 6.07 Å². The van der Waals surface area contributed by atoms with Crippen molar-refractivity contribution in [3.63, 3.8) is 0 Å². The van der Waals surface area contributed by atoms with Crippen LogP contribution >= 0.6 is 28.6 Å². The Morgan fingerprint density at radius 3 is 2.40 bits per heavy atom. The average molecular weight is 362 g/mol. The van der Waals surface area contributed by atoms with Gasteiger partial charge in [0.2, 0.25) is 0 Å². The molecule has 0 bridgehead atoms. The molecule has 0 fully saturated rings. The van der Waals surface area contributed by atoms with Crippen molar-refractivity contribution in [1.29, 1.82) is 0 Å². The largest absolute Gasteiger partial charge is 0.319 e. The van der Waals surface area contributed by atoms with Crippen LogP contribution in [0.15, 0.2) is 39.7 Å². The van der Waals surface area contributed by atoms with Crippen molar-refractivity contribution in [1.82, 2.24) is 0 Å². The molecule has 0 spiro atoms. The zero-order valence-corrected chi connectivity index (χ0v) is 12.2. The number of nitrogens with one attached hydrogen (secondary N) is 1. The quantitative estimate of drug-likeness (QED) is 0.602. The van der Waals surface area contributed by atoms with Gasteiger partial charge in [0.25, 0.3) is 5.91 Å². The fraction of sp³-hybridized carbons (Fsp3) is 0. The Labute approximate surface area is 126 Å². The predicted molar refractivity (Wildman–Crippen MR) is 75.7 cm³/mol. The summed E-state index contributed by atoms with van der Waals surface area (Å²) in [5.74, 6) is -4.30. The molecule has 0 aliphatic heterocycles. The van der Waals surface area contributed by atoms with E-state index in [-0.39, 0.29) is 5.56 Å². The SMILES string of the molecule is O=C(Nc1cc(F)c(F)cc1F)c1cc(S)ccc1Br. The number of carbonyl (C=O) groups is 1. The number of hydrogen-bond acceptors (Lipinski definition) is 2. The number of anilines is 1. The standard InChI is InChI=1S/C13H7BrF3NOS/c14-8-2-1-6(20)3-7(8)13(19)18-12-5-10(16)9(15)4-11(12)17/h1-5,20H,(H,18,19). The molecule has 7 heteroatoms. The summed E-state index contributed by atoms with van der Waals surface area (Å²) >= 11 is 7.25. The fourth-order valence-electron chi connectivity index (χ4n) is 1.50. The highest BCUT2D eigenvalue weighted by Crippen LogP contribution is 2.23. The van der Waals surface area contributed by atoms with Crippen LogP contribution in [0, 0.1) is 17.5 Å². The molecule has 104 valence electrons. The van der Waals surface area contributed by atoms with Crippen LogP contribution in [0.3, 0.4) is 0 Å². The third-order valence-electron chi connectivity index (χ3n) is 2.45. The summed E-state index contributed by atoms with van der Waals surface area (Å²) in [7, 11) is 0. The van der Waals surface area contributed by atoms with Crippen molar-refractivity contribution in [2.75, 3.05) is 5.32 Å². The van der Waals surface area contributed by atoms with Gasteiger partial charge in [-0.2, -0.15) is 0 Å². The Kier molecular flexibility index (Phi) is 4.39. The first-order valence-corrected chi connectivity index (χ1v) is 6.57. The lowest BCUT2D eigenvalue weighted by Crippen LogP contribution is -2.14. The topological polar surface area (TPSA) is 29.1 Å². The van der Waals surface area contributed by atoms with Gasteiger partial charge in [0.1, 0.15) is 5.82 Å². The lowest BCUT2D eigenvalue weighted by Gasteiger charge is -2.09. The molecule has 0 saturated heterocycles. The van der Waals surface area contributed by atoms with Gasteiger partial charge in [-0.05, 0) is 34.1 Å². The number of thiol groups is 1. The van der Waals surface area contributed by atoms with E-state index in [4.69, 9.17) is 0 Å². The molecular weight excluding hydrogens is 355 g/mol. The van der Waals surface area contributed by atoms with Gasteiger partial charge in [-0.15, -0.1) is 12.6 Å². The normalized spacial score (nSPS) is 10.4. The van der Waals surface area contributed by atoms with Gasteiger partial charge in [0.05, 0.1) is 11.3 Å². The summed E-state index contributed by atoms with van der Waals surface area (Å²) in [4.78, 5) is 12.5. The summed E-state index contributed by atoms with van der Waals surface area (Å²) in [6.45, 7) is 0. The Morgan fingerprint density at radius 2 is 1.70 bits per heavy atom. The van der Waals surface area contributed by atoms with Crippen LogP contribution in [0.1, 0.15) is 10.4 Å². The lowest BCUT2D eigenvalue weighted by molar-refractivity contribution is 0.102. The molecule has 0 saturated carbocycles. The Morgan fingerprint density at radius 1 is 1.05 bits per heavy atom. The molecule has 2 nitrogen and oxygen atoms in total. The van der Waals surface area contributed by atoms with Gasteiger partial charge in [-0.3, -0.25) is 4.79 Å². The number of carbonyl (C=O) groups excluding carboxylic acids is 1. The van der Waals surface area contributed by atoms with E-state index in [9.17, 15) is 18.0 Å². The smallest absolute Gasteiger partial charge is 0.256 e. The molecule has 0 aliphatic rings. The van der Waals surface area contributed by atoms with Gasteiger partial charge in [0.15, 0.2) is 11.6 Å². The maximum atomic E-state index is 13.4. The minimum atomic E-state index is -1.32. The third kappa shape index (κ3) is 3.16. The second kappa shape index (κ2) is 5.88. The molecule has 0 atom stereocenters. The van der Waals surface area contributed by atoms with Crippen LogP contribution in [-0.2, 0) is 0 Å². The van der Waals surface area contributed by atoms with E-state index < -0.39 is 29.0 Å². The first kappa shape index (κ1) is 14.9. The number of hydrogen-bond donors (Lipinski definition) is 2. The molecule has 0 heterocycles. The second-order valence-corrected chi connectivity index (χ2v) is 5.24. The van der Waals surface area contributed by atoms with E-state index in [1.54, 1.807) is 12.1 Å². The van der Waals surface area contributed by atoms with Gasteiger partial charge in [-0.25, -0.2) is 13.2 Å². The molecule has 1 N–H and O–H groups in total. The van der Waals surface area contributed by atoms with Crippen LogP contribution < -0.4 is 5.32 Å². The van der Waals surface area contributed by atoms with E-state index >= 15 is 0 Å². The third-order valence-corrected chi connectivity index (χ3v) is 3.42. The summed E-state index contributed by atoms with van der Waals surface area (Å²) in [5, 5.41) is 2.18. The van der Waals surface area contributed by atoms with Crippen LogP contribution in [0.25, 0.3) is 0 Å². The molecular formula is C13H7BrF3NOS. The highest BCUT2D eigenvalue weighted by molar-refractivity contribution is 9.10. The molecule has 2 aromatic rings. The Bertz CT molecular complexity index is 694. The second-order valence-electron chi connectivity index (χ2n) is 3.86. The van der Waals surface area contributed by atoms with Gasteiger partial charge in [0, 0.05) is 21.5 Å². The van der Waals surface area contributed by atoms with Crippen LogP contribution in [0.4, 0.5) is 18.9 Å². The first-order chi connectivity index (χ1) is 9.38. The average Bonchev–Trinajstić information content (AvgIpc) is 2.38. The molecule has 1 amide bonds. The predicted octanol–water partition coefficient (Wildman–Crippen LogP) is 4.41. The molecule has 20 heavy (non-hydrogen) atoms. The number of halogens is 4. The Balaban J connectivity index is 2.32. The van der Waals surface area contributed by atoms with Crippen LogP contribution in [-0.4, -0.2) is 5.91 Å². The van der Waals surface area contributed by atoms with Crippen molar-refractivity contribution in [3.05, 3.63) is 57.8 Å². The van der Waals surface area contributed by atoms with E-state index in [1.807, 2.05) is 0 Å². The van der Waals surface area contributed by atoms with Crippen molar-refractivity contribution >= 4 is 40.2 Å². The molecule has 0 unspecified atom stereocenters. The minimum Gasteiger partial charge on any atom is -0.319 e. The zero-order valence-electron chi connectivity index (χ0n) is 9.75. The fourth-order valence-corrected chi connectivity index (χ4v) is 2.13. The van der Waals surface area contributed by atoms with E-state index in [0.29, 0.717) is 21.5 Å². The summed E-state index contributed by atoms with van der Waals surface area (Å²) in [6, 6.07) is 5.66. The molecule has 2 rings (SSSR count). The van der Waals surface area contributed by atoms with Crippen molar-refractivity contribution in [3.8, 4) is 0 Å². The van der Waals surface area contributed by atoms with Gasteiger partial charge in [-0.1, -0.05) is 0 Å². The highest BCUT2D eigenvalue weighted by Gasteiger charge is 2.15. The monoisotopic (exact) mass is 361 g/mol. The number of amides is 1. The maximum absolute atomic E-state index is 13.4. The highest BCUT2D eigenvalue weighted by atomic mass is 79.9. The van der Waals surface area contributed by atoms with Crippen molar-refractivity contribution in [2.45, 2.75) is 4.90 Å². The van der Waals surface area contributed by atoms with Crippen molar-refractivity contribution < 1.29 is 18.0 Å². The molecule has 0 radical (unpaired) electrons. The zero-order chi connectivity index (χ0) is 14.9. The van der Waals surface area contributed by atoms with Crippen molar-refractivity contribution in [2.24, 2.45) is 0 Å². The maximum Gasteiger partial charge on any atom is 0.256 e. The first-order valence-electron chi connectivity index (χ1n) is 5.33. The van der Waals surface area contributed by atoms with Crippen LogP contribution in [0.5, 0.6) is 0 Å². The molecule has 0 aliphatic carbocycles. The number of benzene rings is 2. The Hall–Kier alpha value is -1.47. The number of rotatable bonds is 2. The molecule has 2 aromatic carbocycles.